The molecule has 11 heteroatoms. The van der Waals surface area contributed by atoms with E-state index in [1.807, 2.05) is 54.6 Å². The molecule has 0 aliphatic carbocycles. The number of anilines is 1. The highest BCUT2D eigenvalue weighted by molar-refractivity contribution is 7.98. The second kappa shape index (κ2) is 13.3. The lowest BCUT2D eigenvalue weighted by molar-refractivity contribution is -0.138. The topological polar surface area (TPSA) is 112 Å². The van der Waals surface area contributed by atoms with E-state index < -0.39 is 17.4 Å². The van der Waals surface area contributed by atoms with Gasteiger partial charge in [-0.3, -0.25) is 4.79 Å². The van der Waals surface area contributed by atoms with Crippen LogP contribution in [0.5, 0.6) is 17.2 Å². The van der Waals surface area contributed by atoms with Crippen molar-refractivity contribution >= 4 is 40.8 Å². The molecule has 0 amide bonds. The van der Waals surface area contributed by atoms with Gasteiger partial charge in [0, 0.05) is 10.8 Å². The molecule has 5 rings (SSSR count). The molecule has 0 spiro atoms. The number of hydrogen-bond acceptors (Lipinski definition) is 9. The Morgan fingerprint density at radius 1 is 0.977 bits per heavy atom. The van der Waals surface area contributed by atoms with Crippen molar-refractivity contribution in [3.8, 4) is 17.2 Å². The molecule has 1 atom stereocenters. The van der Waals surface area contributed by atoms with Crippen molar-refractivity contribution in [2.75, 3.05) is 33.3 Å². The van der Waals surface area contributed by atoms with Crippen LogP contribution in [0.15, 0.2) is 82.3 Å². The van der Waals surface area contributed by atoms with E-state index in [0.29, 0.717) is 50.3 Å². The fraction of sp³-hybridized carbons (Fsp3) is 0.219. The van der Waals surface area contributed by atoms with Crippen molar-refractivity contribution in [2.24, 2.45) is 0 Å². The fourth-order valence-corrected chi connectivity index (χ4v) is 6.14. The largest absolute Gasteiger partial charge is 0.493 e. The van der Waals surface area contributed by atoms with Gasteiger partial charge >= 0.3 is 5.97 Å². The van der Waals surface area contributed by atoms with Gasteiger partial charge in [0.25, 0.3) is 5.56 Å². The Balaban J connectivity index is 1.73. The first-order chi connectivity index (χ1) is 20.9. The van der Waals surface area contributed by atoms with Gasteiger partial charge < -0.3 is 29.2 Å². The van der Waals surface area contributed by atoms with Crippen LogP contribution in [0.1, 0.15) is 35.1 Å². The lowest BCUT2D eigenvalue weighted by atomic mass is 9.80. The van der Waals surface area contributed by atoms with Crippen molar-refractivity contribution in [2.45, 2.75) is 23.8 Å². The van der Waals surface area contributed by atoms with E-state index in [4.69, 9.17) is 35.5 Å². The van der Waals surface area contributed by atoms with Crippen molar-refractivity contribution < 1.29 is 23.7 Å². The minimum absolute atomic E-state index is 0.144. The highest BCUT2D eigenvalue weighted by Crippen LogP contribution is 2.47. The third kappa shape index (κ3) is 6.07. The predicted molar refractivity (Wildman–Crippen MR) is 167 cm³/mol. The number of nitrogens with zero attached hydrogens (tertiary/aromatic N) is 1. The number of hydrogen-bond donors (Lipinski definition) is 2. The maximum atomic E-state index is 13.9. The summed E-state index contributed by atoms with van der Waals surface area (Å²) in [5.74, 6) is 0.471. The Labute approximate surface area is 258 Å². The van der Waals surface area contributed by atoms with Crippen molar-refractivity contribution in [1.29, 1.82) is 0 Å². The smallest absolute Gasteiger partial charge is 0.337 e. The van der Waals surface area contributed by atoms with Crippen molar-refractivity contribution in [3.63, 3.8) is 0 Å². The molecule has 0 bridgehead atoms. The molecule has 3 aromatic carbocycles. The normalized spacial score (nSPS) is 14.0. The van der Waals surface area contributed by atoms with Crippen molar-refractivity contribution in [1.82, 2.24) is 9.97 Å². The summed E-state index contributed by atoms with van der Waals surface area (Å²) in [6.45, 7) is 1.88. The van der Waals surface area contributed by atoms with Crippen LogP contribution in [0.2, 0.25) is 5.02 Å². The summed E-state index contributed by atoms with van der Waals surface area (Å²) < 4.78 is 22.3. The lowest BCUT2D eigenvalue weighted by Crippen LogP contribution is -2.31. The second-order valence-corrected chi connectivity index (χ2v) is 10.8. The van der Waals surface area contributed by atoms with Crippen LogP contribution < -0.4 is 25.1 Å². The molecule has 9 nitrogen and oxygen atoms in total. The summed E-state index contributed by atoms with van der Waals surface area (Å²) in [7, 11) is 4.52. The molecule has 0 saturated carbocycles. The first-order valence-corrected chi connectivity index (χ1v) is 14.8. The Morgan fingerprint density at radius 3 is 2.28 bits per heavy atom. The first-order valence-electron chi connectivity index (χ1n) is 13.4. The van der Waals surface area contributed by atoms with Gasteiger partial charge in [0.15, 0.2) is 16.7 Å². The van der Waals surface area contributed by atoms with E-state index in [1.165, 1.54) is 33.1 Å². The highest BCUT2D eigenvalue weighted by atomic mass is 35.5. The number of carbonyl (C=O) groups excluding carboxylic acids is 1. The Hall–Kier alpha value is -4.41. The van der Waals surface area contributed by atoms with Gasteiger partial charge in [-0.25, -0.2) is 9.78 Å². The third-order valence-corrected chi connectivity index (χ3v) is 8.21. The van der Waals surface area contributed by atoms with E-state index >= 15 is 0 Å². The third-order valence-electron chi connectivity index (χ3n) is 6.92. The molecule has 2 N–H and O–H groups in total. The summed E-state index contributed by atoms with van der Waals surface area (Å²) in [6.07, 6.45) is 0. The minimum atomic E-state index is -0.891. The van der Waals surface area contributed by atoms with E-state index in [1.54, 1.807) is 19.1 Å². The van der Waals surface area contributed by atoms with Crippen LogP contribution in [0.4, 0.5) is 5.82 Å². The zero-order chi connectivity index (χ0) is 30.5. The van der Waals surface area contributed by atoms with Gasteiger partial charge in [0.05, 0.1) is 50.7 Å². The number of thioether (sulfide) groups is 1. The number of rotatable bonds is 10. The van der Waals surface area contributed by atoms with Gasteiger partial charge in [0.2, 0.25) is 5.75 Å². The zero-order valence-electron chi connectivity index (χ0n) is 24.0. The Morgan fingerprint density at radius 2 is 1.65 bits per heavy atom. The quantitative estimate of drug-likeness (QED) is 0.120. The van der Waals surface area contributed by atoms with E-state index in [-0.39, 0.29) is 17.7 Å². The molecule has 2 heterocycles. The van der Waals surface area contributed by atoms with Crippen LogP contribution in [-0.2, 0) is 15.3 Å². The predicted octanol–water partition coefficient (Wildman–Crippen LogP) is 6.27. The Bertz CT molecular complexity index is 1720. The number of aromatic amines is 1. The number of H-pyrrole nitrogens is 1. The summed E-state index contributed by atoms with van der Waals surface area (Å²) in [4.78, 5) is 35.3. The van der Waals surface area contributed by atoms with Gasteiger partial charge in [0.1, 0.15) is 5.82 Å². The van der Waals surface area contributed by atoms with Crippen LogP contribution in [0.25, 0.3) is 5.70 Å². The minimum Gasteiger partial charge on any atom is -0.493 e. The molecule has 1 aliphatic heterocycles. The summed E-state index contributed by atoms with van der Waals surface area (Å²) in [5.41, 5.74) is 2.75. The van der Waals surface area contributed by atoms with Crippen molar-refractivity contribution in [3.05, 3.63) is 110 Å². The molecule has 1 unspecified atom stereocenters. The average Bonchev–Trinajstić information content (AvgIpc) is 3.03. The van der Waals surface area contributed by atoms with Crippen LogP contribution in [0.3, 0.4) is 0 Å². The van der Waals surface area contributed by atoms with Gasteiger partial charge in [-0.2, -0.15) is 0 Å². The molecular formula is C32H30ClN3O6S. The number of ether oxygens (including phenoxy) is 4. The summed E-state index contributed by atoms with van der Waals surface area (Å²) >= 11 is 7.70. The maximum Gasteiger partial charge on any atom is 0.337 e. The number of carbonyl (C=O) groups is 1. The Kier molecular flexibility index (Phi) is 9.27. The molecular weight excluding hydrogens is 590 g/mol. The molecule has 1 aliphatic rings. The maximum absolute atomic E-state index is 13.9. The average molecular weight is 620 g/mol. The number of nitrogens with one attached hydrogen (secondary N) is 2. The first kappa shape index (κ1) is 30.1. The SMILES string of the molecule is CCOC(=O)C1=C(c2ccccc2)Nc2nc(SCc3ccccc3Cl)[nH]c(=O)c2C1c1cc(OC)c(OC)c(OC)c1. The van der Waals surface area contributed by atoms with E-state index in [9.17, 15) is 9.59 Å². The molecule has 0 radical (unpaired) electrons. The number of esters is 1. The highest BCUT2D eigenvalue weighted by Gasteiger charge is 2.39. The van der Waals surface area contributed by atoms with Crippen LogP contribution >= 0.6 is 23.4 Å². The standard InChI is InChI=1S/C32H30ClN3O6S/c1-5-42-31(38)25-24(20-15-22(39-2)28(41-4)23(16-20)40-3)26-29(34-27(25)18-11-7-6-8-12-18)35-32(36-30(26)37)43-17-19-13-9-10-14-21(19)33/h6-16,24H,5,17H2,1-4H3,(H2,34,35,36,37). The van der Waals surface area contributed by atoms with E-state index in [2.05, 4.69) is 10.3 Å². The number of benzene rings is 3. The van der Waals surface area contributed by atoms with Gasteiger partial charge in [-0.15, -0.1) is 0 Å². The molecule has 1 aromatic heterocycles. The molecule has 222 valence electrons. The van der Waals surface area contributed by atoms with Gasteiger partial charge in [-0.05, 0) is 41.8 Å². The molecule has 4 aromatic rings. The lowest BCUT2D eigenvalue weighted by Gasteiger charge is -2.30. The molecule has 43 heavy (non-hydrogen) atoms. The monoisotopic (exact) mass is 619 g/mol. The van der Waals surface area contributed by atoms with E-state index in [0.717, 1.165) is 11.1 Å². The number of aromatic nitrogens is 2. The second-order valence-electron chi connectivity index (χ2n) is 9.41. The fourth-order valence-electron chi connectivity index (χ4n) is 4.99. The molecule has 0 saturated heterocycles. The van der Waals surface area contributed by atoms with Gasteiger partial charge in [-0.1, -0.05) is 71.9 Å². The van der Waals surface area contributed by atoms with Crippen LogP contribution in [0, 0.1) is 0 Å². The number of halogens is 1. The molecule has 0 fully saturated rings. The number of fused-ring (bicyclic) bond motifs is 1. The number of methoxy groups -OCH3 is 3. The van der Waals surface area contributed by atoms with Crippen LogP contribution in [-0.4, -0.2) is 43.9 Å². The summed E-state index contributed by atoms with van der Waals surface area (Å²) in [5, 5.41) is 4.32. The zero-order valence-corrected chi connectivity index (χ0v) is 25.6. The summed E-state index contributed by atoms with van der Waals surface area (Å²) in [6, 6.07) is 20.3.